The summed E-state index contributed by atoms with van der Waals surface area (Å²) in [6.07, 6.45) is 3.43. The average Bonchev–Trinajstić information content (AvgIpc) is 2.92. The second kappa shape index (κ2) is 6.49. The minimum Gasteiger partial charge on any atom is -0.326 e. The van der Waals surface area contributed by atoms with Crippen molar-refractivity contribution in [3.8, 4) is 0 Å². The number of nitrogens with zero attached hydrogens (tertiary/aromatic N) is 2. The summed E-state index contributed by atoms with van der Waals surface area (Å²) >= 11 is 3.25. The molecule has 0 spiro atoms. The van der Waals surface area contributed by atoms with E-state index in [2.05, 4.69) is 25.8 Å². The highest BCUT2D eigenvalue weighted by atomic mass is 79.9. The van der Waals surface area contributed by atoms with Gasteiger partial charge in [-0.25, -0.2) is 13.1 Å². The molecule has 0 fully saturated rings. The molecule has 0 aliphatic carbocycles. The second-order valence-electron chi connectivity index (χ2n) is 4.14. The Morgan fingerprint density at radius 2 is 2.20 bits per heavy atom. The summed E-state index contributed by atoms with van der Waals surface area (Å²) in [5, 5.41) is 4.01. The first-order valence-corrected chi connectivity index (χ1v) is 8.26. The number of nitrogens with two attached hydrogens (primary N) is 1. The first-order valence-electron chi connectivity index (χ1n) is 5.98. The van der Waals surface area contributed by atoms with E-state index in [1.807, 2.05) is 0 Å². The third-order valence-electron chi connectivity index (χ3n) is 2.71. The summed E-state index contributed by atoms with van der Waals surface area (Å²) in [5.74, 6) is 0. The molecule has 0 aliphatic heterocycles. The van der Waals surface area contributed by atoms with Gasteiger partial charge in [-0.3, -0.25) is 4.68 Å². The minimum absolute atomic E-state index is 0.195. The molecule has 1 aromatic heterocycles. The van der Waals surface area contributed by atoms with Crippen LogP contribution in [0, 0.1) is 0 Å². The number of hydrogen-bond acceptors (Lipinski definition) is 4. The zero-order chi connectivity index (χ0) is 14.6. The number of sulfonamides is 1. The van der Waals surface area contributed by atoms with E-state index < -0.39 is 10.0 Å². The number of benzene rings is 1. The summed E-state index contributed by atoms with van der Waals surface area (Å²) < 4.78 is 29.2. The van der Waals surface area contributed by atoms with E-state index in [1.165, 1.54) is 0 Å². The fourth-order valence-electron chi connectivity index (χ4n) is 1.69. The molecule has 2 rings (SSSR count). The molecule has 6 nitrogen and oxygen atoms in total. The molecule has 0 bridgehead atoms. The highest BCUT2D eigenvalue weighted by Gasteiger charge is 2.17. The maximum Gasteiger partial charge on any atom is 0.241 e. The lowest BCUT2D eigenvalue weighted by Gasteiger charge is -2.10. The lowest BCUT2D eigenvalue weighted by Crippen LogP contribution is -2.28. The van der Waals surface area contributed by atoms with Gasteiger partial charge in [-0.05, 0) is 39.7 Å². The molecule has 0 saturated carbocycles. The van der Waals surface area contributed by atoms with Gasteiger partial charge in [-0.1, -0.05) is 6.07 Å². The lowest BCUT2D eigenvalue weighted by molar-refractivity contribution is 0.560. The first kappa shape index (κ1) is 15.2. The summed E-state index contributed by atoms with van der Waals surface area (Å²) in [7, 11) is -3.57. The van der Waals surface area contributed by atoms with Gasteiger partial charge in [-0.2, -0.15) is 5.10 Å². The van der Waals surface area contributed by atoms with Gasteiger partial charge in [0, 0.05) is 30.0 Å². The van der Waals surface area contributed by atoms with Crippen LogP contribution in [0.2, 0.25) is 0 Å². The van der Waals surface area contributed by atoms with E-state index in [-0.39, 0.29) is 11.4 Å². The molecule has 0 amide bonds. The third-order valence-corrected chi connectivity index (χ3v) is 5.17. The number of nitrogens with one attached hydrogen (secondary N) is 1. The van der Waals surface area contributed by atoms with E-state index in [0.717, 1.165) is 5.56 Å². The quantitative estimate of drug-likeness (QED) is 0.808. The minimum atomic E-state index is -3.57. The molecular formula is C12H15BrN4O2S. The first-order chi connectivity index (χ1) is 9.53. The van der Waals surface area contributed by atoms with Gasteiger partial charge in [-0.15, -0.1) is 0 Å². The molecule has 108 valence electrons. The highest BCUT2D eigenvalue weighted by molar-refractivity contribution is 9.10. The zero-order valence-electron chi connectivity index (χ0n) is 10.7. The van der Waals surface area contributed by atoms with Crippen molar-refractivity contribution in [3.63, 3.8) is 0 Å². The third kappa shape index (κ3) is 3.66. The SMILES string of the molecule is NCc1ccc(Br)c(S(=O)(=O)NCCn2cccn2)c1. The van der Waals surface area contributed by atoms with Crippen molar-refractivity contribution < 1.29 is 8.42 Å². The Morgan fingerprint density at radius 1 is 1.40 bits per heavy atom. The molecular weight excluding hydrogens is 344 g/mol. The highest BCUT2D eigenvalue weighted by Crippen LogP contribution is 2.22. The van der Waals surface area contributed by atoms with Crippen LogP contribution in [0.15, 0.2) is 46.0 Å². The molecule has 0 atom stereocenters. The van der Waals surface area contributed by atoms with Gasteiger partial charge in [0.1, 0.15) is 0 Å². The van der Waals surface area contributed by atoms with E-state index >= 15 is 0 Å². The topological polar surface area (TPSA) is 90.0 Å². The predicted molar refractivity (Wildman–Crippen MR) is 79.4 cm³/mol. The molecule has 0 saturated heterocycles. The molecule has 0 aliphatic rings. The summed E-state index contributed by atoms with van der Waals surface area (Å²) in [6, 6.07) is 6.83. The van der Waals surface area contributed by atoms with Crippen LogP contribution in [0.1, 0.15) is 5.56 Å². The van der Waals surface area contributed by atoms with Crippen LogP contribution in [0.3, 0.4) is 0 Å². The number of hydrogen-bond donors (Lipinski definition) is 2. The van der Waals surface area contributed by atoms with Crippen LogP contribution in [0.5, 0.6) is 0 Å². The molecule has 0 radical (unpaired) electrons. The maximum atomic E-state index is 12.2. The average molecular weight is 359 g/mol. The van der Waals surface area contributed by atoms with Crippen molar-refractivity contribution in [1.82, 2.24) is 14.5 Å². The predicted octanol–water partition coefficient (Wildman–Crippen LogP) is 1.08. The zero-order valence-corrected chi connectivity index (χ0v) is 13.1. The Hall–Kier alpha value is -1.22. The van der Waals surface area contributed by atoms with Crippen LogP contribution < -0.4 is 10.5 Å². The fourth-order valence-corrected chi connectivity index (χ4v) is 3.72. The van der Waals surface area contributed by atoms with Gasteiger partial charge in [0.15, 0.2) is 0 Å². The molecule has 0 unspecified atom stereocenters. The Morgan fingerprint density at radius 3 is 2.85 bits per heavy atom. The maximum absolute atomic E-state index is 12.2. The number of aromatic nitrogens is 2. The van der Waals surface area contributed by atoms with Crippen molar-refractivity contribution in [2.75, 3.05) is 6.54 Å². The van der Waals surface area contributed by atoms with Crippen LogP contribution in [-0.2, 0) is 23.1 Å². The largest absolute Gasteiger partial charge is 0.326 e. The van der Waals surface area contributed by atoms with E-state index in [1.54, 1.807) is 41.3 Å². The molecule has 20 heavy (non-hydrogen) atoms. The molecule has 1 heterocycles. The van der Waals surface area contributed by atoms with E-state index in [4.69, 9.17) is 5.73 Å². The molecule has 3 N–H and O–H groups in total. The van der Waals surface area contributed by atoms with E-state index in [9.17, 15) is 8.42 Å². The summed E-state index contributed by atoms with van der Waals surface area (Å²) in [4.78, 5) is 0.195. The summed E-state index contributed by atoms with van der Waals surface area (Å²) in [6.45, 7) is 1.03. The van der Waals surface area contributed by atoms with Gasteiger partial charge in [0.2, 0.25) is 10.0 Å². The van der Waals surface area contributed by atoms with Gasteiger partial charge >= 0.3 is 0 Å². The summed E-state index contributed by atoms with van der Waals surface area (Å²) in [5.41, 5.74) is 6.30. The Bertz CT molecular complexity index is 671. The lowest BCUT2D eigenvalue weighted by atomic mass is 10.2. The van der Waals surface area contributed by atoms with E-state index in [0.29, 0.717) is 17.6 Å². The van der Waals surface area contributed by atoms with Gasteiger partial charge < -0.3 is 5.73 Å². The van der Waals surface area contributed by atoms with Crippen molar-refractivity contribution in [2.24, 2.45) is 5.73 Å². The Balaban J connectivity index is 2.09. The Kier molecular flexibility index (Phi) is 4.92. The Labute approximate surface area is 126 Å². The van der Waals surface area contributed by atoms with Crippen LogP contribution in [-0.4, -0.2) is 24.7 Å². The van der Waals surface area contributed by atoms with Crippen LogP contribution in [0.4, 0.5) is 0 Å². The van der Waals surface area contributed by atoms with Crippen molar-refractivity contribution in [2.45, 2.75) is 18.0 Å². The molecule has 2 aromatic rings. The van der Waals surface area contributed by atoms with Crippen LogP contribution >= 0.6 is 15.9 Å². The fraction of sp³-hybridized carbons (Fsp3) is 0.250. The normalized spacial score (nSPS) is 11.7. The van der Waals surface area contributed by atoms with Crippen molar-refractivity contribution >= 4 is 26.0 Å². The monoisotopic (exact) mass is 358 g/mol. The van der Waals surface area contributed by atoms with Crippen molar-refractivity contribution in [3.05, 3.63) is 46.7 Å². The number of halogens is 1. The molecule has 1 aromatic carbocycles. The standard InChI is InChI=1S/C12H15BrN4O2S/c13-11-3-2-10(9-14)8-12(11)20(18,19)16-5-7-17-6-1-4-15-17/h1-4,6,8,16H,5,7,9,14H2. The van der Waals surface area contributed by atoms with Gasteiger partial charge in [0.05, 0.1) is 11.4 Å². The second-order valence-corrected chi connectivity index (χ2v) is 6.73. The smallest absolute Gasteiger partial charge is 0.241 e. The number of rotatable bonds is 6. The van der Waals surface area contributed by atoms with Crippen molar-refractivity contribution in [1.29, 1.82) is 0 Å². The van der Waals surface area contributed by atoms with Gasteiger partial charge in [0.25, 0.3) is 0 Å². The molecule has 8 heteroatoms. The van der Waals surface area contributed by atoms with Crippen LogP contribution in [0.25, 0.3) is 0 Å².